The molecule has 0 aliphatic rings. The second kappa shape index (κ2) is 9.07. The summed E-state index contributed by atoms with van der Waals surface area (Å²) in [6.07, 6.45) is 4.02. The fourth-order valence-electron chi connectivity index (χ4n) is 2.04. The maximum Gasteiger partial charge on any atom is 0.204 e. The molecule has 0 heterocycles. The SMILES string of the molecule is C=Cc1ccc(CCO[SiH](CCC)C(C)OC)cc1. The molecule has 19 heavy (non-hydrogen) atoms. The Bertz CT molecular complexity index is 362. The van der Waals surface area contributed by atoms with E-state index in [2.05, 4.69) is 44.7 Å². The number of hydrogen-bond acceptors (Lipinski definition) is 2. The molecule has 1 aromatic carbocycles. The van der Waals surface area contributed by atoms with Crippen molar-refractivity contribution in [3.8, 4) is 0 Å². The molecule has 0 aliphatic carbocycles. The smallest absolute Gasteiger partial charge is 0.204 e. The van der Waals surface area contributed by atoms with Gasteiger partial charge >= 0.3 is 0 Å². The van der Waals surface area contributed by atoms with Crippen molar-refractivity contribution in [1.29, 1.82) is 0 Å². The first-order valence-corrected chi connectivity index (χ1v) is 9.02. The van der Waals surface area contributed by atoms with E-state index in [1.165, 1.54) is 18.0 Å². The highest BCUT2D eigenvalue weighted by atomic mass is 28.3. The van der Waals surface area contributed by atoms with Crippen LogP contribution in [0.15, 0.2) is 30.8 Å². The summed E-state index contributed by atoms with van der Waals surface area (Å²) < 4.78 is 11.5. The maximum absolute atomic E-state index is 6.09. The number of hydrogen-bond donors (Lipinski definition) is 0. The van der Waals surface area contributed by atoms with Crippen molar-refractivity contribution >= 4 is 15.1 Å². The minimum absolute atomic E-state index is 0.295. The van der Waals surface area contributed by atoms with Crippen LogP contribution in [0, 0.1) is 0 Å². The number of ether oxygens (including phenoxy) is 1. The van der Waals surface area contributed by atoms with E-state index >= 15 is 0 Å². The molecule has 0 saturated carbocycles. The lowest BCUT2D eigenvalue weighted by atomic mass is 10.1. The van der Waals surface area contributed by atoms with Crippen LogP contribution in [0.5, 0.6) is 0 Å². The zero-order chi connectivity index (χ0) is 14.1. The average Bonchev–Trinajstić information content (AvgIpc) is 2.46. The summed E-state index contributed by atoms with van der Waals surface area (Å²) in [5, 5.41) is 0. The van der Waals surface area contributed by atoms with Gasteiger partial charge in [-0.25, -0.2) is 0 Å². The Balaban J connectivity index is 2.39. The molecule has 1 aromatic rings. The molecule has 2 unspecified atom stereocenters. The Labute approximate surface area is 119 Å². The fraction of sp³-hybridized carbons (Fsp3) is 0.500. The van der Waals surface area contributed by atoms with Gasteiger partial charge in [-0.15, -0.1) is 0 Å². The van der Waals surface area contributed by atoms with Crippen molar-refractivity contribution in [3.63, 3.8) is 0 Å². The normalized spacial score (nSPS) is 14.1. The van der Waals surface area contributed by atoms with Crippen molar-refractivity contribution in [2.75, 3.05) is 13.7 Å². The summed E-state index contributed by atoms with van der Waals surface area (Å²) in [5.41, 5.74) is 2.78. The van der Waals surface area contributed by atoms with Gasteiger partial charge in [0.05, 0.1) is 5.73 Å². The number of methoxy groups -OCH3 is 1. The van der Waals surface area contributed by atoms with E-state index in [-0.39, 0.29) is 0 Å². The minimum atomic E-state index is -1.22. The summed E-state index contributed by atoms with van der Waals surface area (Å²) >= 11 is 0. The van der Waals surface area contributed by atoms with Gasteiger partial charge in [0.1, 0.15) is 0 Å². The second-order valence-electron chi connectivity index (χ2n) is 4.83. The quantitative estimate of drug-likeness (QED) is 0.643. The lowest BCUT2D eigenvalue weighted by molar-refractivity contribution is 0.150. The van der Waals surface area contributed by atoms with E-state index < -0.39 is 9.04 Å². The maximum atomic E-state index is 6.09. The van der Waals surface area contributed by atoms with Gasteiger partial charge in [-0.2, -0.15) is 0 Å². The van der Waals surface area contributed by atoms with Gasteiger partial charge < -0.3 is 9.16 Å². The summed E-state index contributed by atoms with van der Waals surface area (Å²) in [4.78, 5) is 0. The Hall–Kier alpha value is -0.903. The highest BCUT2D eigenvalue weighted by Gasteiger charge is 2.19. The van der Waals surface area contributed by atoms with Crippen LogP contribution in [0.4, 0.5) is 0 Å². The van der Waals surface area contributed by atoms with Crippen LogP contribution in [0.3, 0.4) is 0 Å². The van der Waals surface area contributed by atoms with E-state index in [9.17, 15) is 0 Å². The molecular weight excluding hydrogens is 252 g/mol. The number of benzene rings is 1. The third-order valence-corrected chi connectivity index (χ3v) is 6.54. The van der Waals surface area contributed by atoms with Crippen LogP contribution in [0.1, 0.15) is 31.4 Å². The van der Waals surface area contributed by atoms with Gasteiger partial charge in [0.25, 0.3) is 0 Å². The molecule has 0 amide bonds. The van der Waals surface area contributed by atoms with E-state index in [4.69, 9.17) is 9.16 Å². The molecule has 0 spiro atoms. The Kier molecular flexibility index (Phi) is 7.71. The monoisotopic (exact) mass is 278 g/mol. The van der Waals surface area contributed by atoms with E-state index in [1.807, 2.05) is 6.08 Å². The summed E-state index contributed by atoms with van der Waals surface area (Å²) in [7, 11) is 0.552. The largest absolute Gasteiger partial charge is 0.417 e. The predicted molar refractivity (Wildman–Crippen MR) is 84.9 cm³/mol. The van der Waals surface area contributed by atoms with Crippen molar-refractivity contribution in [3.05, 3.63) is 42.0 Å². The molecule has 0 aliphatic heterocycles. The number of rotatable bonds is 9. The van der Waals surface area contributed by atoms with Gasteiger partial charge in [0.2, 0.25) is 9.04 Å². The molecule has 0 fully saturated rings. The molecule has 106 valence electrons. The molecule has 1 rings (SSSR count). The van der Waals surface area contributed by atoms with Crippen molar-refractivity contribution in [1.82, 2.24) is 0 Å². The van der Waals surface area contributed by atoms with Gasteiger partial charge in [-0.1, -0.05) is 50.3 Å². The third-order valence-electron chi connectivity index (χ3n) is 3.41. The van der Waals surface area contributed by atoms with Gasteiger partial charge in [0, 0.05) is 13.7 Å². The first-order chi connectivity index (χ1) is 9.21. The zero-order valence-electron chi connectivity index (χ0n) is 12.4. The third kappa shape index (κ3) is 5.72. The Morgan fingerprint density at radius 1 is 1.32 bits per heavy atom. The van der Waals surface area contributed by atoms with Crippen molar-refractivity contribution < 1.29 is 9.16 Å². The molecule has 0 aromatic heterocycles. The van der Waals surface area contributed by atoms with Gasteiger partial charge in [-0.3, -0.25) is 0 Å². The van der Waals surface area contributed by atoms with Gasteiger partial charge in [-0.05, 0) is 30.5 Å². The Morgan fingerprint density at radius 2 is 2.00 bits per heavy atom. The van der Waals surface area contributed by atoms with Crippen LogP contribution in [-0.4, -0.2) is 28.5 Å². The molecule has 0 radical (unpaired) electrons. The molecule has 0 N–H and O–H groups in total. The summed E-state index contributed by atoms with van der Waals surface area (Å²) in [6.45, 7) is 8.90. The molecule has 0 saturated heterocycles. The first-order valence-electron chi connectivity index (χ1n) is 7.07. The summed E-state index contributed by atoms with van der Waals surface area (Å²) in [6, 6.07) is 9.68. The van der Waals surface area contributed by atoms with E-state index in [0.29, 0.717) is 5.73 Å². The van der Waals surface area contributed by atoms with Crippen molar-refractivity contribution in [2.24, 2.45) is 0 Å². The van der Waals surface area contributed by atoms with Crippen LogP contribution in [-0.2, 0) is 15.6 Å². The standard InChI is InChI=1S/C16H26O2Si/c1-5-13-19(14(3)17-4)18-12-11-16-9-7-15(6-2)8-10-16/h6-10,14,19H,2,5,11-13H2,1,3-4H3. The minimum Gasteiger partial charge on any atom is -0.417 e. The zero-order valence-corrected chi connectivity index (χ0v) is 13.5. The highest BCUT2D eigenvalue weighted by Crippen LogP contribution is 2.10. The first kappa shape index (κ1) is 16.2. The lowest BCUT2D eigenvalue weighted by Crippen LogP contribution is -2.33. The molecule has 3 heteroatoms. The molecule has 0 bridgehead atoms. The van der Waals surface area contributed by atoms with E-state index in [1.54, 1.807) is 7.11 Å². The lowest BCUT2D eigenvalue weighted by Gasteiger charge is -2.21. The highest BCUT2D eigenvalue weighted by molar-refractivity contribution is 6.53. The Morgan fingerprint density at radius 3 is 2.53 bits per heavy atom. The van der Waals surface area contributed by atoms with Crippen molar-refractivity contribution in [2.45, 2.75) is 38.5 Å². The van der Waals surface area contributed by atoms with Crippen LogP contribution >= 0.6 is 0 Å². The fourth-order valence-corrected chi connectivity index (χ4v) is 4.24. The topological polar surface area (TPSA) is 18.5 Å². The van der Waals surface area contributed by atoms with Crippen LogP contribution < -0.4 is 0 Å². The molecule has 2 nitrogen and oxygen atoms in total. The van der Waals surface area contributed by atoms with E-state index in [0.717, 1.165) is 18.6 Å². The predicted octanol–water partition coefficient (Wildman–Crippen LogP) is 3.60. The second-order valence-corrected chi connectivity index (χ2v) is 7.76. The average molecular weight is 278 g/mol. The molecule has 2 atom stereocenters. The van der Waals surface area contributed by atoms with Crippen LogP contribution in [0.25, 0.3) is 6.08 Å². The summed E-state index contributed by atoms with van der Waals surface area (Å²) in [5.74, 6) is 0. The molecular formula is C16H26O2Si. The van der Waals surface area contributed by atoms with Crippen LogP contribution in [0.2, 0.25) is 6.04 Å². The van der Waals surface area contributed by atoms with Gasteiger partial charge in [0.15, 0.2) is 0 Å².